The number of halogens is 1. The molecule has 6 nitrogen and oxygen atoms in total. The molecule has 1 aliphatic heterocycles. The maximum atomic E-state index is 5.95. The van der Waals surface area contributed by atoms with Crippen LogP contribution in [0.5, 0.6) is 17.2 Å². The Morgan fingerprint density at radius 1 is 1.08 bits per heavy atom. The van der Waals surface area contributed by atoms with Crippen molar-refractivity contribution in [3.05, 3.63) is 47.5 Å². The molecule has 4 rings (SSSR count). The van der Waals surface area contributed by atoms with Crippen molar-refractivity contribution in [2.45, 2.75) is 19.3 Å². The first kappa shape index (κ1) is 18.6. The molecule has 0 aromatic heterocycles. The number of aliphatic imine (C=N–C) groups is 1. The summed E-state index contributed by atoms with van der Waals surface area (Å²) in [4.78, 5) is 4.30. The number of benzene rings is 2. The number of aryl methyl sites for hydroxylation is 2. The Bertz CT molecular complexity index is 811. The summed E-state index contributed by atoms with van der Waals surface area (Å²) in [5.41, 5.74) is 9.78. The number of nitrogens with zero attached hydrogens (tertiary/aromatic N) is 1. The highest BCUT2D eigenvalue weighted by Gasteiger charge is 2.13. The second kappa shape index (κ2) is 8.48. The van der Waals surface area contributed by atoms with Crippen LogP contribution in [0.15, 0.2) is 41.4 Å². The smallest absolute Gasteiger partial charge is 0.231 e. The highest BCUT2D eigenvalue weighted by Crippen LogP contribution is 2.35. The molecule has 0 atom stereocenters. The van der Waals surface area contributed by atoms with Gasteiger partial charge in [0.05, 0.1) is 6.54 Å². The van der Waals surface area contributed by atoms with Crippen LogP contribution in [0.2, 0.25) is 0 Å². The Balaban J connectivity index is 0.00000196. The average molecular weight is 467 g/mol. The van der Waals surface area contributed by atoms with Crippen LogP contribution in [-0.4, -0.2) is 25.9 Å². The molecule has 7 heteroatoms. The number of nitrogens with two attached hydrogens (primary N) is 1. The van der Waals surface area contributed by atoms with Crippen molar-refractivity contribution in [2.75, 3.05) is 25.3 Å². The summed E-state index contributed by atoms with van der Waals surface area (Å²) in [6.45, 7) is 1.17. The Labute approximate surface area is 169 Å². The fourth-order valence-electron chi connectivity index (χ4n) is 3.13. The normalized spacial score (nSPS) is 14.5. The van der Waals surface area contributed by atoms with Crippen LogP contribution in [0.1, 0.15) is 17.5 Å². The van der Waals surface area contributed by atoms with E-state index in [1.54, 1.807) is 0 Å². The standard InChI is InChI=1S/C19H21N3O3.HI/c20-19(22-15-5-4-13-2-1-3-14(13)10-15)21-8-9-23-16-6-7-17-18(11-16)25-12-24-17;/h4-7,10-11H,1-3,8-9,12H2,(H3,20,21,22);1H. The van der Waals surface area contributed by atoms with Crippen molar-refractivity contribution in [2.24, 2.45) is 10.7 Å². The van der Waals surface area contributed by atoms with Gasteiger partial charge in [0.15, 0.2) is 17.5 Å². The van der Waals surface area contributed by atoms with E-state index < -0.39 is 0 Å². The van der Waals surface area contributed by atoms with Crippen LogP contribution in [0.25, 0.3) is 0 Å². The van der Waals surface area contributed by atoms with Crippen LogP contribution >= 0.6 is 24.0 Å². The lowest BCUT2D eigenvalue weighted by atomic mass is 10.1. The molecule has 0 amide bonds. The van der Waals surface area contributed by atoms with Crippen LogP contribution in [-0.2, 0) is 12.8 Å². The Morgan fingerprint density at radius 2 is 1.92 bits per heavy atom. The van der Waals surface area contributed by atoms with E-state index in [9.17, 15) is 0 Å². The van der Waals surface area contributed by atoms with Crippen molar-refractivity contribution >= 4 is 35.6 Å². The van der Waals surface area contributed by atoms with E-state index in [2.05, 4.69) is 28.5 Å². The van der Waals surface area contributed by atoms with Crippen LogP contribution < -0.4 is 25.3 Å². The molecule has 1 aliphatic carbocycles. The van der Waals surface area contributed by atoms with Crippen molar-refractivity contribution < 1.29 is 14.2 Å². The fraction of sp³-hybridized carbons (Fsp3) is 0.316. The molecule has 0 saturated carbocycles. The molecule has 3 N–H and O–H groups in total. The van der Waals surface area contributed by atoms with Gasteiger partial charge in [-0.15, -0.1) is 24.0 Å². The zero-order valence-electron chi connectivity index (χ0n) is 14.4. The van der Waals surface area contributed by atoms with Crippen molar-refractivity contribution in [1.29, 1.82) is 0 Å². The van der Waals surface area contributed by atoms with E-state index in [4.69, 9.17) is 19.9 Å². The van der Waals surface area contributed by atoms with Gasteiger partial charge in [-0.3, -0.25) is 0 Å². The van der Waals surface area contributed by atoms with Gasteiger partial charge in [-0.05, 0) is 54.7 Å². The molecule has 0 spiro atoms. The summed E-state index contributed by atoms with van der Waals surface area (Å²) in [7, 11) is 0. The zero-order valence-corrected chi connectivity index (χ0v) is 16.7. The quantitative estimate of drug-likeness (QED) is 0.305. The van der Waals surface area contributed by atoms with Gasteiger partial charge >= 0.3 is 0 Å². The maximum Gasteiger partial charge on any atom is 0.231 e. The third kappa shape index (κ3) is 4.32. The lowest BCUT2D eigenvalue weighted by Gasteiger charge is -2.08. The summed E-state index contributed by atoms with van der Waals surface area (Å²) in [6.07, 6.45) is 3.56. The predicted octanol–water partition coefficient (Wildman–Crippen LogP) is 3.33. The van der Waals surface area contributed by atoms with Crippen LogP contribution in [0.4, 0.5) is 5.69 Å². The summed E-state index contributed by atoms with van der Waals surface area (Å²) < 4.78 is 16.3. The molecule has 26 heavy (non-hydrogen) atoms. The molecule has 0 fully saturated rings. The first-order chi connectivity index (χ1) is 12.3. The van der Waals surface area contributed by atoms with E-state index in [1.807, 2.05) is 18.2 Å². The number of rotatable bonds is 5. The van der Waals surface area contributed by atoms with Gasteiger partial charge in [0.25, 0.3) is 0 Å². The third-order valence-corrected chi connectivity index (χ3v) is 4.36. The van der Waals surface area contributed by atoms with Crippen molar-refractivity contribution in [1.82, 2.24) is 0 Å². The van der Waals surface area contributed by atoms with Crippen LogP contribution in [0.3, 0.4) is 0 Å². The predicted molar refractivity (Wildman–Crippen MR) is 112 cm³/mol. The van der Waals surface area contributed by atoms with Gasteiger partial charge in [-0.1, -0.05) is 6.07 Å². The number of guanidine groups is 1. The molecule has 0 bridgehead atoms. The van der Waals surface area contributed by atoms with Gasteiger partial charge < -0.3 is 25.3 Å². The Kier molecular flexibility index (Phi) is 6.08. The second-order valence-corrected chi connectivity index (χ2v) is 6.09. The molecular formula is C19H22IN3O3. The first-order valence-electron chi connectivity index (χ1n) is 8.49. The van der Waals surface area contributed by atoms with Gasteiger partial charge in [0.1, 0.15) is 12.4 Å². The van der Waals surface area contributed by atoms with E-state index in [1.165, 1.54) is 24.0 Å². The molecule has 2 aromatic rings. The number of ether oxygens (including phenoxy) is 3. The summed E-state index contributed by atoms with van der Waals surface area (Å²) in [5, 5.41) is 3.14. The molecule has 2 aliphatic rings. The Hall–Kier alpha value is -2.16. The number of fused-ring (bicyclic) bond motifs is 2. The SMILES string of the molecule is I.NC(=NCCOc1ccc2c(c1)OCO2)Nc1ccc2c(c1)CCC2. The highest BCUT2D eigenvalue weighted by molar-refractivity contribution is 14.0. The third-order valence-electron chi connectivity index (χ3n) is 4.36. The minimum Gasteiger partial charge on any atom is -0.492 e. The summed E-state index contributed by atoms with van der Waals surface area (Å²) >= 11 is 0. The second-order valence-electron chi connectivity index (χ2n) is 6.09. The van der Waals surface area contributed by atoms with Gasteiger partial charge in [0.2, 0.25) is 6.79 Å². The summed E-state index contributed by atoms with van der Waals surface area (Å²) in [6, 6.07) is 11.9. The molecular weight excluding hydrogens is 445 g/mol. The topological polar surface area (TPSA) is 78.1 Å². The zero-order chi connectivity index (χ0) is 17.1. The largest absolute Gasteiger partial charge is 0.492 e. The highest BCUT2D eigenvalue weighted by atomic mass is 127. The molecule has 138 valence electrons. The molecule has 2 aromatic carbocycles. The molecule has 1 heterocycles. The number of anilines is 1. The minimum absolute atomic E-state index is 0. The average Bonchev–Trinajstić information content (AvgIpc) is 3.26. The van der Waals surface area contributed by atoms with E-state index in [0.717, 1.165) is 23.6 Å². The van der Waals surface area contributed by atoms with Gasteiger partial charge in [0, 0.05) is 11.8 Å². The lowest BCUT2D eigenvalue weighted by Crippen LogP contribution is -2.23. The molecule has 0 saturated heterocycles. The van der Waals surface area contributed by atoms with Crippen molar-refractivity contribution in [3.63, 3.8) is 0 Å². The van der Waals surface area contributed by atoms with Crippen molar-refractivity contribution in [3.8, 4) is 17.2 Å². The number of hydrogen-bond acceptors (Lipinski definition) is 4. The monoisotopic (exact) mass is 467 g/mol. The number of nitrogens with one attached hydrogen (secondary N) is 1. The van der Waals surface area contributed by atoms with Crippen LogP contribution in [0, 0.1) is 0 Å². The lowest BCUT2D eigenvalue weighted by molar-refractivity contribution is 0.174. The van der Waals surface area contributed by atoms with Gasteiger partial charge in [-0.25, -0.2) is 4.99 Å². The van der Waals surface area contributed by atoms with E-state index in [-0.39, 0.29) is 30.8 Å². The summed E-state index contributed by atoms with van der Waals surface area (Å²) in [5.74, 6) is 2.57. The maximum absolute atomic E-state index is 5.95. The fourth-order valence-corrected chi connectivity index (χ4v) is 3.13. The van der Waals surface area contributed by atoms with E-state index in [0.29, 0.717) is 24.9 Å². The first-order valence-corrected chi connectivity index (χ1v) is 8.49. The molecule has 0 radical (unpaired) electrons. The number of hydrogen-bond donors (Lipinski definition) is 2. The Morgan fingerprint density at radius 3 is 2.85 bits per heavy atom. The minimum atomic E-state index is 0. The molecule has 0 unspecified atom stereocenters. The van der Waals surface area contributed by atoms with Gasteiger partial charge in [-0.2, -0.15) is 0 Å². The van der Waals surface area contributed by atoms with E-state index >= 15 is 0 Å².